The third-order valence-electron chi connectivity index (χ3n) is 4.10. The van der Waals surface area contributed by atoms with Gasteiger partial charge in [-0.25, -0.2) is 0 Å². The molecule has 0 unspecified atom stereocenters. The van der Waals surface area contributed by atoms with E-state index < -0.39 is 23.8 Å². The number of aromatic carboxylic acids is 2. The first kappa shape index (κ1) is 20.3. The summed E-state index contributed by atoms with van der Waals surface area (Å²) < 4.78 is 0. The monoisotopic (exact) mass is 402 g/mol. The molecule has 3 aromatic rings. The van der Waals surface area contributed by atoms with E-state index in [2.05, 4.69) is 10.6 Å². The second kappa shape index (κ2) is 8.70. The molecular formula is C22H14N2O6-2. The van der Waals surface area contributed by atoms with E-state index in [9.17, 15) is 29.4 Å². The number of amides is 2. The van der Waals surface area contributed by atoms with Gasteiger partial charge in [-0.05, 0) is 53.6 Å². The standard InChI is InChI=1S/C22H16N2O6/c25-19(23-17-8-2-6-15(11-17)21(27)28)13-4-1-5-14(10-13)20(26)24-18-9-3-7-16(12-18)22(29)30/h1-12H,(H,23,25)(H,24,26)(H,27,28)(H,29,30)/p-2. The molecule has 0 atom stereocenters. The van der Waals surface area contributed by atoms with Crippen molar-refractivity contribution in [2.75, 3.05) is 10.6 Å². The molecule has 0 heterocycles. The Morgan fingerprint density at radius 2 is 0.900 bits per heavy atom. The molecule has 0 spiro atoms. The summed E-state index contributed by atoms with van der Waals surface area (Å²) in [5, 5.41) is 27.0. The Kier molecular flexibility index (Phi) is 5.88. The first-order valence-electron chi connectivity index (χ1n) is 8.69. The van der Waals surface area contributed by atoms with Gasteiger partial charge in [-0.3, -0.25) is 9.59 Å². The fourth-order valence-electron chi connectivity index (χ4n) is 2.66. The van der Waals surface area contributed by atoms with E-state index in [-0.39, 0.29) is 33.6 Å². The van der Waals surface area contributed by atoms with Crippen LogP contribution in [0.25, 0.3) is 0 Å². The number of nitrogens with one attached hydrogen (secondary N) is 2. The average molecular weight is 402 g/mol. The summed E-state index contributed by atoms with van der Waals surface area (Å²) in [7, 11) is 0. The van der Waals surface area contributed by atoms with Crippen LogP contribution in [0, 0.1) is 0 Å². The first-order chi connectivity index (χ1) is 14.3. The van der Waals surface area contributed by atoms with Gasteiger partial charge in [0, 0.05) is 22.5 Å². The number of carboxylic acids is 2. The third kappa shape index (κ3) is 4.87. The number of rotatable bonds is 6. The van der Waals surface area contributed by atoms with Crippen LogP contribution in [0.3, 0.4) is 0 Å². The summed E-state index contributed by atoms with van der Waals surface area (Å²) in [6.45, 7) is 0. The van der Waals surface area contributed by atoms with E-state index >= 15 is 0 Å². The molecule has 0 saturated heterocycles. The van der Waals surface area contributed by atoms with Crippen molar-refractivity contribution in [1.82, 2.24) is 0 Å². The van der Waals surface area contributed by atoms with Crippen LogP contribution in [0.1, 0.15) is 41.4 Å². The molecule has 30 heavy (non-hydrogen) atoms. The van der Waals surface area contributed by atoms with E-state index in [1.54, 1.807) is 0 Å². The van der Waals surface area contributed by atoms with Crippen LogP contribution >= 0.6 is 0 Å². The number of carbonyl (C=O) groups is 4. The molecule has 0 aliphatic rings. The first-order valence-corrected chi connectivity index (χ1v) is 8.69. The van der Waals surface area contributed by atoms with E-state index in [1.807, 2.05) is 0 Å². The molecule has 0 fully saturated rings. The lowest BCUT2D eigenvalue weighted by Crippen LogP contribution is -2.22. The van der Waals surface area contributed by atoms with Crippen LogP contribution in [0.4, 0.5) is 11.4 Å². The zero-order valence-electron chi connectivity index (χ0n) is 15.4. The van der Waals surface area contributed by atoms with Gasteiger partial charge in [-0.1, -0.05) is 30.3 Å². The predicted octanol–water partition coefficient (Wildman–Crippen LogP) is 0.918. The van der Waals surface area contributed by atoms with Gasteiger partial charge in [0.15, 0.2) is 0 Å². The zero-order valence-corrected chi connectivity index (χ0v) is 15.4. The van der Waals surface area contributed by atoms with Crippen molar-refractivity contribution in [3.8, 4) is 0 Å². The lowest BCUT2D eigenvalue weighted by atomic mass is 10.1. The Morgan fingerprint density at radius 3 is 1.30 bits per heavy atom. The lowest BCUT2D eigenvalue weighted by molar-refractivity contribution is -0.256. The van der Waals surface area contributed by atoms with Gasteiger partial charge < -0.3 is 30.4 Å². The van der Waals surface area contributed by atoms with Crippen molar-refractivity contribution in [2.24, 2.45) is 0 Å². The van der Waals surface area contributed by atoms with Crippen molar-refractivity contribution in [3.63, 3.8) is 0 Å². The van der Waals surface area contributed by atoms with Crippen LogP contribution in [-0.2, 0) is 0 Å². The highest BCUT2D eigenvalue weighted by Gasteiger charge is 2.12. The summed E-state index contributed by atoms with van der Waals surface area (Å²) in [5.41, 5.74) is 0.695. The van der Waals surface area contributed by atoms with Crippen LogP contribution in [-0.4, -0.2) is 23.8 Å². The maximum absolute atomic E-state index is 12.5. The maximum atomic E-state index is 12.5. The minimum absolute atomic E-state index is 0.0836. The normalized spacial score (nSPS) is 10.1. The van der Waals surface area contributed by atoms with Crippen molar-refractivity contribution in [2.45, 2.75) is 0 Å². The van der Waals surface area contributed by atoms with Gasteiger partial charge >= 0.3 is 0 Å². The van der Waals surface area contributed by atoms with E-state index in [4.69, 9.17) is 0 Å². The number of carbonyl (C=O) groups excluding carboxylic acids is 4. The molecule has 3 aromatic carbocycles. The van der Waals surface area contributed by atoms with Gasteiger partial charge in [-0.15, -0.1) is 0 Å². The Hall–Kier alpha value is -4.46. The molecule has 0 saturated carbocycles. The van der Waals surface area contributed by atoms with Gasteiger partial charge in [0.25, 0.3) is 11.8 Å². The molecule has 150 valence electrons. The van der Waals surface area contributed by atoms with E-state index in [0.29, 0.717) is 0 Å². The van der Waals surface area contributed by atoms with Crippen molar-refractivity contribution >= 4 is 35.1 Å². The molecule has 3 rings (SSSR count). The van der Waals surface area contributed by atoms with Gasteiger partial charge in [0.1, 0.15) is 0 Å². The Morgan fingerprint density at radius 1 is 0.533 bits per heavy atom. The number of carboxylic acid groups (broad SMARTS) is 2. The third-order valence-corrected chi connectivity index (χ3v) is 4.10. The second-order valence-electron chi connectivity index (χ2n) is 6.23. The summed E-state index contributed by atoms with van der Waals surface area (Å²) in [6, 6.07) is 17.0. The quantitative estimate of drug-likeness (QED) is 0.629. The van der Waals surface area contributed by atoms with Gasteiger partial charge in [0.05, 0.1) is 11.9 Å². The molecule has 0 aliphatic carbocycles. The van der Waals surface area contributed by atoms with Gasteiger partial charge in [0.2, 0.25) is 0 Å². The minimum Gasteiger partial charge on any atom is -0.545 e. The molecule has 0 bridgehead atoms. The fraction of sp³-hybridized carbons (Fsp3) is 0. The molecule has 8 heteroatoms. The Bertz CT molecular complexity index is 1070. The smallest absolute Gasteiger partial charge is 0.255 e. The summed E-state index contributed by atoms with van der Waals surface area (Å²) in [6.07, 6.45) is 0. The Labute approximate surface area is 170 Å². The van der Waals surface area contributed by atoms with E-state index in [0.717, 1.165) is 0 Å². The number of benzene rings is 3. The minimum atomic E-state index is -1.37. The zero-order chi connectivity index (χ0) is 21.7. The number of hydrogen-bond acceptors (Lipinski definition) is 6. The Balaban J connectivity index is 1.75. The second-order valence-corrected chi connectivity index (χ2v) is 6.23. The van der Waals surface area contributed by atoms with Gasteiger partial charge in [-0.2, -0.15) is 0 Å². The van der Waals surface area contributed by atoms with Crippen LogP contribution < -0.4 is 20.8 Å². The van der Waals surface area contributed by atoms with Crippen LogP contribution in [0.15, 0.2) is 72.8 Å². The van der Waals surface area contributed by atoms with Crippen molar-refractivity contribution in [3.05, 3.63) is 95.1 Å². The summed E-state index contributed by atoms with van der Waals surface area (Å²) in [4.78, 5) is 46.8. The summed E-state index contributed by atoms with van der Waals surface area (Å²) >= 11 is 0. The highest BCUT2D eigenvalue weighted by Crippen LogP contribution is 2.15. The van der Waals surface area contributed by atoms with Crippen LogP contribution in [0.2, 0.25) is 0 Å². The highest BCUT2D eigenvalue weighted by molar-refractivity contribution is 6.09. The average Bonchev–Trinajstić information content (AvgIpc) is 2.74. The molecular weight excluding hydrogens is 388 g/mol. The summed E-state index contributed by atoms with van der Waals surface area (Å²) in [5.74, 6) is -3.82. The molecule has 0 radical (unpaired) electrons. The molecule has 0 aliphatic heterocycles. The lowest BCUT2D eigenvalue weighted by Gasteiger charge is -2.10. The largest absolute Gasteiger partial charge is 0.545 e. The van der Waals surface area contributed by atoms with Crippen LogP contribution in [0.5, 0.6) is 0 Å². The molecule has 0 aromatic heterocycles. The number of hydrogen-bond donors (Lipinski definition) is 2. The molecule has 2 N–H and O–H groups in total. The SMILES string of the molecule is O=C([O-])c1cccc(NC(=O)c2cccc(C(=O)Nc3cccc(C(=O)[O-])c3)c2)c1. The predicted molar refractivity (Wildman–Crippen MR) is 104 cm³/mol. The molecule has 2 amide bonds. The topological polar surface area (TPSA) is 138 Å². The molecule has 8 nitrogen and oxygen atoms in total. The van der Waals surface area contributed by atoms with Crippen molar-refractivity contribution < 1.29 is 29.4 Å². The maximum Gasteiger partial charge on any atom is 0.255 e. The van der Waals surface area contributed by atoms with E-state index in [1.165, 1.54) is 72.8 Å². The highest BCUT2D eigenvalue weighted by atomic mass is 16.4. The van der Waals surface area contributed by atoms with Crippen molar-refractivity contribution in [1.29, 1.82) is 0 Å². The number of anilines is 2. The fourth-order valence-corrected chi connectivity index (χ4v) is 2.66.